The number of amides is 1. The van der Waals surface area contributed by atoms with Gasteiger partial charge in [-0.25, -0.2) is 5.48 Å². The van der Waals surface area contributed by atoms with Gasteiger partial charge < -0.3 is 0 Å². The fourth-order valence-electron chi connectivity index (χ4n) is 3.74. The lowest BCUT2D eigenvalue weighted by Crippen LogP contribution is -2.25. The molecule has 1 heterocycles. The second-order valence-corrected chi connectivity index (χ2v) is 8.36. The largest absolute Gasteiger partial charge is 0.291 e. The fraction of sp³-hybridized carbons (Fsp3) is 0.208. The number of rotatable bonds is 7. The number of fused-ring (bicyclic) bond motifs is 1. The molecular weight excluding hydrogens is 380 g/mol. The van der Waals surface area contributed by atoms with Crippen LogP contribution in [0, 0.1) is 0 Å². The van der Waals surface area contributed by atoms with E-state index in [2.05, 4.69) is 53.5 Å². The molecule has 0 bridgehead atoms. The minimum Gasteiger partial charge on any atom is -0.291 e. The number of carbonyl (C=O) groups excluding carboxylic acids is 1. The van der Waals surface area contributed by atoms with Gasteiger partial charge in [0.05, 0.1) is 4.88 Å². The maximum absolute atomic E-state index is 11.8. The van der Waals surface area contributed by atoms with Crippen LogP contribution in [0.2, 0.25) is 0 Å². The molecule has 0 aliphatic heterocycles. The Morgan fingerprint density at radius 3 is 2.69 bits per heavy atom. The highest BCUT2D eigenvalue weighted by atomic mass is 32.1. The summed E-state index contributed by atoms with van der Waals surface area (Å²) < 4.78 is 1.10. The molecule has 2 aromatic carbocycles. The van der Waals surface area contributed by atoms with Gasteiger partial charge in [0, 0.05) is 24.3 Å². The van der Waals surface area contributed by atoms with Crippen LogP contribution in [0.15, 0.2) is 78.4 Å². The number of hydrogen-bond acceptors (Lipinski definition) is 4. The second-order valence-electron chi connectivity index (χ2n) is 7.31. The molecule has 2 N–H and O–H groups in total. The van der Waals surface area contributed by atoms with Crippen molar-refractivity contribution < 1.29 is 10.0 Å². The van der Waals surface area contributed by atoms with Crippen molar-refractivity contribution >= 4 is 27.3 Å². The normalized spacial score (nSPS) is 13.7. The first-order valence-electron chi connectivity index (χ1n) is 9.79. The minimum atomic E-state index is -0.461. The molecule has 4 rings (SSSR count). The maximum Gasteiger partial charge on any atom is 0.284 e. The van der Waals surface area contributed by atoms with Crippen molar-refractivity contribution in [3.05, 3.63) is 94.4 Å². The summed E-state index contributed by atoms with van der Waals surface area (Å²) in [5, 5.41) is 9.99. The summed E-state index contributed by atoms with van der Waals surface area (Å²) in [6, 6.07) is 18.6. The van der Waals surface area contributed by atoms with Crippen LogP contribution in [0.4, 0.5) is 0 Å². The first-order chi connectivity index (χ1) is 14.2. The van der Waals surface area contributed by atoms with Crippen LogP contribution in [0.5, 0.6) is 0 Å². The molecule has 3 aromatic rings. The quantitative estimate of drug-likeness (QED) is 0.415. The van der Waals surface area contributed by atoms with Gasteiger partial charge in [-0.05, 0) is 35.4 Å². The third-order valence-electron chi connectivity index (χ3n) is 5.12. The van der Waals surface area contributed by atoms with E-state index in [-0.39, 0.29) is 0 Å². The van der Waals surface area contributed by atoms with Gasteiger partial charge in [-0.3, -0.25) is 14.9 Å². The van der Waals surface area contributed by atoms with Crippen molar-refractivity contribution in [1.29, 1.82) is 0 Å². The lowest BCUT2D eigenvalue weighted by molar-refractivity contribution is 0.0711. The van der Waals surface area contributed by atoms with E-state index in [4.69, 9.17) is 5.21 Å². The molecule has 5 heteroatoms. The number of thiophene rings is 1. The molecule has 1 aliphatic rings. The molecule has 0 saturated carbocycles. The predicted molar refractivity (Wildman–Crippen MR) is 118 cm³/mol. The van der Waals surface area contributed by atoms with Gasteiger partial charge in [0.1, 0.15) is 0 Å². The third-order valence-corrected chi connectivity index (χ3v) is 6.35. The van der Waals surface area contributed by atoms with Crippen molar-refractivity contribution in [3.63, 3.8) is 0 Å². The summed E-state index contributed by atoms with van der Waals surface area (Å²) in [5.74, 6) is -0.461. The van der Waals surface area contributed by atoms with Crippen LogP contribution in [0.3, 0.4) is 0 Å². The Morgan fingerprint density at radius 1 is 1.07 bits per heavy atom. The summed E-state index contributed by atoms with van der Waals surface area (Å²) in [5.41, 5.74) is 5.67. The van der Waals surface area contributed by atoms with Crippen molar-refractivity contribution in [2.75, 3.05) is 6.54 Å². The molecule has 0 atom stereocenters. The Morgan fingerprint density at radius 2 is 1.93 bits per heavy atom. The summed E-state index contributed by atoms with van der Waals surface area (Å²) in [7, 11) is 0. The van der Waals surface area contributed by atoms with Gasteiger partial charge in [-0.2, -0.15) is 0 Å². The van der Waals surface area contributed by atoms with E-state index in [1.807, 2.05) is 24.3 Å². The van der Waals surface area contributed by atoms with Gasteiger partial charge in [0.15, 0.2) is 0 Å². The van der Waals surface area contributed by atoms with Gasteiger partial charge in [0.25, 0.3) is 5.91 Å². The molecule has 1 aliphatic carbocycles. The Bertz CT molecular complexity index is 1050. The lowest BCUT2D eigenvalue weighted by atomic mass is 10.0. The molecule has 4 nitrogen and oxygen atoms in total. The van der Waals surface area contributed by atoms with E-state index < -0.39 is 5.91 Å². The van der Waals surface area contributed by atoms with Crippen molar-refractivity contribution in [3.8, 4) is 0 Å². The van der Waals surface area contributed by atoms with Crippen LogP contribution < -0.4 is 5.48 Å². The van der Waals surface area contributed by atoms with Crippen LogP contribution in [0.1, 0.15) is 33.6 Å². The van der Waals surface area contributed by atoms with E-state index in [1.165, 1.54) is 28.0 Å². The summed E-state index contributed by atoms with van der Waals surface area (Å²) in [6.07, 6.45) is 8.80. The topological polar surface area (TPSA) is 52.6 Å². The number of benzene rings is 2. The van der Waals surface area contributed by atoms with E-state index in [0.717, 1.165) is 42.6 Å². The SMILES string of the molecule is O=C(NO)c1cc2cccc(CN(CC3=CC=CCC3)Cc3ccccc3)c2s1. The molecule has 0 saturated heterocycles. The Labute approximate surface area is 174 Å². The predicted octanol–water partition coefficient (Wildman–Crippen LogP) is 5.30. The number of nitrogens with one attached hydrogen (secondary N) is 1. The molecule has 0 fully saturated rings. The standard InChI is InChI=1S/C24H24N2O2S/c27-24(25-28)22-14-20-12-7-13-21(23(20)29-22)17-26(15-18-8-3-1-4-9-18)16-19-10-5-2-6-11-19/h1-5,7-10,12-14,28H,6,11,15-17H2,(H,25,27). The molecule has 1 aromatic heterocycles. The summed E-state index contributed by atoms with van der Waals surface area (Å²) in [4.78, 5) is 14.8. The molecule has 1 amide bonds. The third kappa shape index (κ3) is 4.82. The first-order valence-corrected chi connectivity index (χ1v) is 10.6. The van der Waals surface area contributed by atoms with Crippen LogP contribution in [-0.2, 0) is 13.1 Å². The smallest absolute Gasteiger partial charge is 0.284 e. The Hall–Kier alpha value is -2.73. The molecule has 0 unspecified atom stereocenters. The molecular formula is C24H24N2O2S. The average Bonchev–Trinajstić information content (AvgIpc) is 3.20. The number of nitrogens with zero attached hydrogens (tertiary/aromatic N) is 1. The number of allylic oxidation sites excluding steroid dienone is 3. The van der Waals surface area contributed by atoms with E-state index in [0.29, 0.717) is 4.88 Å². The zero-order valence-corrected chi connectivity index (χ0v) is 17.0. The van der Waals surface area contributed by atoms with Crippen LogP contribution in [0.25, 0.3) is 10.1 Å². The average molecular weight is 405 g/mol. The van der Waals surface area contributed by atoms with Gasteiger partial charge in [-0.1, -0.05) is 72.3 Å². The summed E-state index contributed by atoms with van der Waals surface area (Å²) >= 11 is 1.43. The minimum absolute atomic E-state index is 0.461. The van der Waals surface area contributed by atoms with Crippen molar-refractivity contribution in [1.82, 2.24) is 10.4 Å². The van der Waals surface area contributed by atoms with Gasteiger partial charge >= 0.3 is 0 Å². The van der Waals surface area contributed by atoms with E-state index >= 15 is 0 Å². The highest BCUT2D eigenvalue weighted by Crippen LogP contribution is 2.30. The molecule has 148 valence electrons. The fourth-order valence-corrected chi connectivity index (χ4v) is 4.79. The first kappa shape index (κ1) is 19.6. The van der Waals surface area contributed by atoms with Crippen molar-refractivity contribution in [2.24, 2.45) is 0 Å². The lowest BCUT2D eigenvalue weighted by Gasteiger charge is -2.25. The number of hydroxylamine groups is 1. The van der Waals surface area contributed by atoms with Crippen LogP contribution in [-0.4, -0.2) is 22.6 Å². The Kier molecular flexibility index (Phi) is 6.20. The van der Waals surface area contributed by atoms with E-state index in [1.54, 1.807) is 5.48 Å². The highest BCUT2D eigenvalue weighted by Gasteiger charge is 2.15. The van der Waals surface area contributed by atoms with Gasteiger partial charge in [0.2, 0.25) is 0 Å². The zero-order chi connectivity index (χ0) is 20.1. The highest BCUT2D eigenvalue weighted by molar-refractivity contribution is 7.21. The zero-order valence-electron chi connectivity index (χ0n) is 16.2. The number of carbonyl (C=O) groups is 1. The summed E-state index contributed by atoms with van der Waals surface area (Å²) in [6.45, 7) is 2.59. The monoisotopic (exact) mass is 404 g/mol. The molecule has 0 radical (unpaired) electrons. The van der Waals surface area contributed by atoms with E-state index in [9.17, 15) is 4.79 Å². The Balaban J connectivity index is 1.62. The maximum atomic E-state index is 11.8. The van der Waals surface area contributed by atoms with Gasteiger partial charge in [-0.15, -0.1) is 11.3 Å². The molecule has 0 spiro atoms. The second kappa shape index (κ2) is 9.18. The van der Waals surface area contributed by atoms with Crippen LogP contribution >= 0.6 is 11.3 Å². The van der Waals surface area contributed by atoms with Crippen molar-refractivity contribution in [2.45, 2.75) is 25.9 Å². The number of hydrogen-bond donors (Lipinski definition) is 2. The molecule has 29 heavy (non-hydrogen) atoms.